The molecule has 1 aromatic rings. The Bertz CT molecular complexity index is 535. The molecule has 9 nitrogen and oxygen atoms in total. The summed E-state index contributed by atoms with van der Waals surface area (Å²) in [5, 5.41) is 15.3. The number of ether oxygens (including phenoxy) is 1. The molecule has 0 saturated carbocycles. The minimum atomic E-state index is -0.897. The van der Waals surface area contributed by atoms with Crippen LogP contribution >= 0.6 is 22.9 Å². The Morgan fingerprint density at radius 1 is 1.71 bits per heavy atom. The van der Waals surface area contributed by atoms with Gasteiger partial charge in [0, 0.05) is 18.1 Å². The highest BCUT2D eigenvalue weighted by Crippen LogP contribution is 2.19. The van der Waals surface area contributed by atoms with E-state index in [1.165, 1.54) is 13.2 Å². The van der Waals surface area contributed by atoms with Crippen LogP contribution in [0.1, 0.15) is 18.2 Å². The van der Waals surface area contributed by atoms with Crippen molar-refractivity contribution in [2.45, 2.75) is 19.9 Å². The third-order valence-corrected chi connectivity index (χ3v) is 3.24. The molecule has 0 unspecified atom stereocenters. The number of amides is 1. The SMILES string of the molecule is CCCOC(=O)N(Cc1cnc(Cl)s1)C(=N[N+](=O)[O-])NC. The second kappa shape index (κ2) is 8.37. The van der Waals surface area contributed by atoms with Gasteiger partial charge >= 0.3 is 6.09 Å². The van der Waals surface area contributed by atoms with Crippen molar-refractivity contribution in [1.82, 2.24) is 15.2 Å². The lowest BCUT2D eigenvalue weighted by Crippen LogP contribution is -2.44. The number of carbonyl (C=O) groups is 1. The summed E-state index contributed by atoms with van der Waals surface area (Å²) in [7, 11) is 1.42. The summed E-state index contributed by atoms with van der Waals surface area (Å²) in [6.07, 6.45) is 1.37. The molecule has 1 rings (SSSR count). The van der Waals surface area contributed by atoms with Gasteiger partial charge < -0.3 is 10.1 Å². The van der Waals surface area contributed by atoms with Crippen molar-refractivity contribution >= 4 is 35.0 Å². The van der Waals surface area contributed by atoms with Crippen LogP contribution in [0.3, 0.4) is 0 Å². The lowest BCUT2D eigenvalue weighted by molar-refractivity contribution is -0.485. The fourth-order valence-electron chi connectivity index (χ4n) is 1.32. The molecule has 0 spiro atoms. The fraction of sp³-hybridized carbons (Fsp3) is 0.500. The predicted molar refractivity (Wildman–Crippen MR) is 77.8 cm³/mol. The van der Waals surface area contributed by atoms with Gasteiger partial charge in [-0.25, -0.2) is 24.8 Å². The first-order chi connectivity index (χ1) is 9.97. The van der Waals surface area contributed by atoms with Gasteiger partial charge in [0.05, 0.1) is 13.2 Å². The fourth-order valence-corrected chi connectivity index (χ4v) is 2.29. The lowest BCUT2D eigenvalue weighted by Gasteiger charge is -2.20. The van der Waals surface area contributed by atoms with Crippen LogP contribution in [0.5, 0.6) is 0 Å². The molecular weight excluding hydrogens is 322 g/mol. The molecule has 1 heterocycles. The van der Waals surface area contributed by atoms with Crippen LogP contribution in [0.25, 0.3) is 0 Å². The number of halogens is 1. The smallest absolute Gasteiger partial charge is 0.417 e. The van der Waals surface area contributed by atoms with E-state index < -0.39 is 11.1 Å². The quantitative estimate of drug-likeness (QED) is 0.381. The third kappa shape index (κ3) is 5.52. The summed E-state index contributed by atoms with van der Waals surface area (Å²) in [4.78, 5) is 28.0. The van der Waals surface area contributed by atoms with Gasteiger partial charge in [-0.3, -0.25) is 0 Å². The van der Waals surface area contributed by atoms with Crippen LogP contribution in [0.4, 0.5) is 4.79 Å². The standard InChI is InChI=1S/C10H14ClN5O4S/c1-3-4-20-10(17)15(9(12-2)14-16(18)19)6-7-5-13-8(11)21-7/h5H,3-4,6H2,1-2H3,(H,12,14). The summed E-state index contributed by atoms with van der Waals surface area (Å²) < 4.78 is 5.30. The topological polar surface area (TPSA) is 110 Å². The number of carbonyl (C=O) groups excluding carboxylic acids is 1. The third-order valence-electron chi connectivity index (χ3n) is 2.15. The number of nitrogens with zero attached hydrogens (tertiary/aromatic N) is 4. The number of thiazole rings is 1. The monoisotopic (exact) mass is 335 g/mol. The number of rotatable bonds is 5. The van der Waals surface area contributed by atoms with Crippen molar-refractivity contribution in [2.75, 3.05) is 13.7 Å². The van der Waals surface area contributed by atoms with Crippen molar-refractivity contribution in [3.8, 4) is 0 Å². The van der Waals surface area contributed by atoms with Crippen molar-refractivity contribution in [3.05, 3.63) is 25.7 Å². The van der Waals surface area contributed by atoms with Crippen molar-refractivity contribution in [1.29, 1.82) is 0 Å². The lowest BCUT2D eigenvalue weighted by atomic mass is 10.5. The molecule has 0 bridgehead atoms. The van der Waals surface area contributed by atoms with E-state index in [-0.39, 0.29) is 19.1 Å². The first-order valence-electron chi connectivity index (χ1n) is 5.93. The number of guanidine groups is 1. The Labute approximate surface area is 129 Å². The Morgan fingerprint density at radius 2 is 2.43 bits per heavy atom. The first-order valence-corrected chi connectivity index (χ1v) is 7.12. The Kier molecular flexibility index (Phi) is 6.82. The summed E-state index contributed by atoms with van der Waals surface area (Å²) >= 11 is 6.88. The molecule has 0 atom stereocenters. The molecule has 0 aliphatic carbocycles. The molecule has 11 heteroatoms. The van der Waals surface area contributed by atoms with Gasteiger partial charge in [-0.05, 0) is 6.42 Å². The van der Waals surface area contributed by atoms with E-state index in [2.05, 4.69) is 15.4 Å². The van der Waals surface area contributed by atoms with Gasteiger partial charge in [0.15, 0.2) is 9.50 Å². The Morgan fingerprint density at radius 3 is 2.90 bits per heavy atom. The summed E-state index contributed by atoms with van der Waals surface area (Å²) in [6.45, 7) is 2.05. The average Bonchev–Trinajstić information content (AvgIpc) is 2.85. The van der Waals surface area contributed by atoms with E-state index in [0.29, 0.717) is 15.8 Å². The average molecular weight is 336 g/mol. The minimum absolute atomic E-state index is 0.0143. The molecule has 1 aromatic heterocycles. The van der Waals surface area contributed by atoms with Gasteiger partial charge in [-0.15, -0.1) is 11.3 Å². The molecule has 0 aliphatic rings. The summed E-state index contributed by atoms with van der Waals surface area (Å²) in [5.74, 6) is -0.231. The van der Waals surface area contributed by atoms with Crippen LogP contribution < -0.4 is 5.32 Å². The Hall–Kier alpha value is -1.94. The molecule has 0 aliphatic heterocycles. The highest BCUT2D eigenvalue weighted by atomic mass is 35.5. The molecule has 1 amide bonds. The zero-order chi connectivity index (χ0) is 15.8. The number of nitrogens with one attached hydrogen (secondary N) is 1. The molecule has 0 aromatic carbocycles. The minimum Gasteiger partial charge on any atom is -0.449 e. The number of nitro groups is 1. The zero-order valence-corrected chi connectivity index (χ0v) is 13.0. The highest BCUT2D eigenvalue weighted by molar-refractivity contribution is 7.15. The zero-order valence-electron chi connectivity index (χ0n) is 11.4. The second-order valence-electron chi connectivity index (χ2n) is 3.69. The van der Waals surface area contributed by atoms with Crippen molar-refractivity contribution < 1.29 is 14.6 Å². The maximum Gasteiger partial charge on any atom is 0.417 e. The van der Waals surface area contributed by atoms with E-state index in [1.807, 2.05) is 6.92 Å². The number of hydrogen-bond acceptors (Lipinski definition) is 6. The van der Waals surface area contributed by atoms with E-state index in [9.17, 15) is 14.9 Å². The van der Waals surface area contributed by atoms with Gasteiger partial charge in [-0.1, -0.05) is 18.5 Å². The van der Waals surface area contributed by atoms with Crippen molar-refractivity contribution in [3.63, 3.8) is 0 Å². The highest BCUT2D eigenvalue weighted by Gasteiger charge is 2.24. The predicted octanol–water partition coefficient (Wildman–Crippen LogP) is 1.91. The van der Waals surface area contributed by atoms with Crippen molar-refractivity contribution in [2.24, 2.45) is 5.10 Å². The molecule has 0 fully saturated rings. The number of hydrogen-bond donors (Lipinski definition) is 1. The summed E-state index contributed by atoms with van der Waals surface area (Å²) in [6, 6.07) is 0. The normalized spacial score (nSPS) is 11.1. The van der Waals surface area contributed by atoms with Crippen LogP contribution in [-0.4, -0.2) is 40.6 Å². The molecule has 21 heavy (non-hydrogen) atoms. The molecule has 1 N–H and O–H groups in total. The van der Waals surface area contributed by atoms with Crippen LogP contribution in [-0.2, 0) is 11.3 Å². The van der Waals surface area contributed by atoms with Gasteiger partial charge in [-0.2, -0.15) is 0 Å². The van der Waals surface area contributed by atoms with Gasteiger partial charge in [0.25, 0.3) is 5.96 Å². The Balaban J connectivity index is 2.97. The van der Waals surface area contributed by atoms with Crippen LogP contribution in [0, 0.1) is 10.1 Å². The number of hydrazone groups is 1. The molecule has 0 radical (unpaired) electrons. The molecular formula is C10H14ClN5O4S. The van der Waals surface area contributed by atoms with Crippen LogP contribution in [0.2, 0.25) is 4.47 Å². The molecule has 0 saturated heterocycles. The van der Waals surface area contributed by atoms with E-state index in [4.69, 9.17) is 16.3 Å². The largest absolute Gasteiger partial charge is 0.449 e. The van der Waals surface area contributed by atoms with Gasteiger partial charge in [0.1, 0.15) is 5.10 Å². The van der Waals surface area contributed by atoms with Crippen LogP contribution in [0.15, 0.2) is 11.3 Å². The number of aromatic nitrogens is 1. The first kappa shape index (κ1) is 17.1. The van der Waals surface area contributed by atoms with E-state index in [1.54, 1.807) is 0 Å². The summed E-state index contributed by atoms with van der Waals surface area (Å²) in [5.41, 5.74) is 0. The van der Waals surface area contributed by atoms with Gasteiger partial charge in [0.2, 0.25) is 0 Å². The maximum atomic E-state index is 12.0. The van der Waals surface area contributed by atoms with E-state index >= 15 is 0 Å². The maximum absolute atomic E-state index is 12.0. The van der Waals surface area contributed by atoms with E-state index in [0.717, 1.165) is 16.2 Å². The second-order valence-corrected chi connectivity index (χ2v) is 5.39. The molecule has 116 valence electrons.